The first kappa shape index (κ1) is 11.4. The summed E-state index contributed by atoms with van der Waals surface area (Å²) in [6.45, 7) is 4.33. The van der Waals surface area contributed by atoms with E-state index >= 15 is 0 Å². The van der Waals surface area contributed by atoms with E-state index in [1.54, 1.807) is 0 Å². The fraction of sp³-hybridized carbons (Fsp3) is 0.533. The van der Waals surface area contributed by atoms with E-state index in [2.05, 4.69) is 44.2 Å². The molecule has 0 aromatic heterocycles. The second-order valence-corrected chi connectivity index (χ2v) is 5.20. The fourth-order valence-electron chi connectivity index (χ4n) is 2.73. The minimum atomic E-state index is 0.277. The zero-order chi connectivity index (χ0) is 11.5. The van der Waals surface area contributed by atoms with Crippen molar-refractivity contribution < 1.29 is 4.79 Å². The van der Waals surface area contributed by atoms with E-state index in [-0.39, 0.29) is 5.92 Å². The molecule has 0 aliphatic heterocycles. The molecule has 0 radical (unpaired) electrons. The Hall–Kier alpha value is -1.11. The lowest BCUT2D eigenvalue weighted by Gasteiger charge is -2.30. The summed E-state index contributed by atoms with van der Waals surface area (Å²) in [6.07, 6.45) is 2.84. The largest absolute Gasteiger partial charge is 0.299 e. The molecule has 1 aromatic carbocycles. The minimum absolute atomic E-state index is 0.277. The van der Waals surface area contributed by atoms with Crippen LogP contribution in [0, 0.1) is 11.8 Å². The predicted octanol–water partition coefficient (Wildman–Crippen LogP) is 3.80. The van der Waals surface area contributed by atoms with E-state index in [1.165, 1.54) is 5.56 Å². The maximum absolute atomic E-state index is 11.8. The van der Waals surface area contributed by atoms with Crippen LogP contribution in [0.15, 0.2) is 30.3 Å². The third-order valence-corrected chi connectivity index (χ3v) is 3.77. The normalized spacial score (nSPS) is 26.1. The number of ketones is 1. The molecule has 86 valence electrons. The third kappa shape index (κ3) is 2.34. The van der Waals surface area contributed by atoms with E-state index in [9.17, 15) is 4.79 Å². The minimum Gasteiger partial charge on any atom is -0.299 e. The predicted molar refractivity (Wildman–Crippen MR) is 66.4 cm³/mol. The van der Waals surface area contributed by atoms with Gasteiger partial charge >= 0.3 is 0 Å². The van der Waals surface area contributed by atoms with Crippen molar-refractivity contribution >= 4 is 5.78 Å². The first-order valence-corrected chi connectivity index (χ1v) is 6.26. The van der Waals surface area contributed by atoms with Crippen LogP contribution < -0.4 is 0 Å². The monoisotopic (exact) mass is 216 g/mol. The van der Waals surface area contributed by atoms with E-state index < -0.39 is 0 Å². The zero-order valence-corrected chi connectivity index (χ0v) is 10.1. The lowest BCUT2D eigenvalue weighted by molar-refractivity contribution is -0.126. The number of benzene rings is 1. The summed E-state index contributed by atoms with van der Waals surface area (Å²) < 4.78 is 0. The molecule has 1 saturated carbocycles. The fourth-order valence-corrected chi connectivity index (χ4v) is 2.73. The Kier molecular flexibility index (Phi) is 3.42. The van der Waals surface area contributed by atoms with E-state index in [4.69, 9.17) is 0 Å². The number of rotatable bonds is 2. The van der Waals surface area contributed by atoms with Gasteiger partial charge in [0.25, 0.3) is 0 Å². The topological polar surface area (TPSA) is 17.1 Å². The highest BCUT2D eigenvalue weighted by Gasteiger charge is 2.31. The van der Waals surface area contributed by atoms with Crippen molar-refractivity contribution in [3.8, 4) is 0 Å². The standard InChI is InChI=1S/C15H20O/c1-11(2)14-10-13(8-9-15(14)16)12-6-4-3-5-7-12/h3-7,11,13-14H,8-10H2,1-2H3. The van der Waals surface area contributed by atoms with Gasteiger partial charge in [-0.15, -0.1) is 0 Å². The lowest BCUT2D eigenvalue weighted by atomic mass is 9.73. The van der Waals surface area contributed by atoms with Crippen LogP contribution >= 0.6 is 0 Å². The number of carbonyl (C=O) groups excluding carboxylic acids is 1. The van der Waals surface area contributed by atoms with E-state index in [0.717, 1.165) is 19.3 Å². The molecule has 16 heavy (non-hydrogen) atoms. The molecular weight excluding hydrogens is 196 g/mol. The highest BCUT2D eigenvalue weighted by molar-refractivity contribution is 5.82. The lowest BCUT2D eigenvalue weighted by Crippen LogP contribution is -2.27. The van der Waals surface area contributed by atoms with Crippen LogP contribution in [-0.4, -0.2) is 5.78 Å². The van der Waals surface area contributed by atoms with Crippen molar-refractivity contribution in [3.63, 3.8) is 0 Å². The SMILES string of the molecule is CC(C)C1CC(c2ccccc2)CCC1=O. The molecule has 1 aromatic rings. The summed E-state index contributed by atoms with van der Waals surface area (Å²) in [5.74, 6) is 1.83. The summed E-state index contributed by atoms with van der Waals surface area (Å²) in [4.78, 5) is 11.8. The average molecular weight is 216 g/mol. The Labute approximate surface area is 97.9 Å². The summed E-state index contributed by atoms with van der Waals surface area (Å²) in [5, 5.41) is 0. The Morgan fingerprint density at radius 2 is 1.88 bits per heavy atom. The molecule has 2 unspecified atom stereocenters. The van der Waals surface area contributed by atoms with Crippen molar-refractivity contribution in [1.82, 2.24) is 0 Å². The molecule has 0 bridgehead atoms. The van der Waals surface area contributed by atoms with Gasteiger partial charge in [-0.3, -0.25) is 4.79 Å². The molecule has 0 saturated heterocycles. The van der Waals surface area contributed by atoms with Gasteiger partial charge in [-0.1, -0.05) is 44.2 Å². The van der Waals surface area contributed by atoms with Crippen LogP contribution in [0.1, 0.15) is 44.6 Å². The van der Waals surface area contributed by atoms with Gasteiger partial charge in [0.15, 0.2) is 0 Å². The highest BCUT2D eigenvalue weighted by Crippen LogP contribution is 2.37. The smallest absolute Gasteiger partial charge is 0.136 e. The van der Waals surface area contributed by atoms with E-state index in [0.29, 0.717) is 17.6 Å². The van der Waals surface area contributed by atoms with Gasteiger partial charge in [0.05, 0.1) is 0 Å². The summed E-state index contributed by atoms with van der Waals surface area (Å²) in [6, 6.07) is 10.6. The van der Waals surface area contributed by atoms with Crippen LogP contribution in [0.25, 0.3) is 0 Å². The van der Waals surface area contributed by atoms with Gasteiger partial charge in [-0.05, 0) is 30.2 Å². The van der Waals surface area contributed by atoms with Crippen LogP contribution in [0.4, 0.5) is 0 Å². The van der Waals surface area contributed by atoms with E-state index in [1.807, 2.05) is 0 Å². The van der Waals surface area contributed by atoms with Crippen molar-refractivity contribution in [2.24, 2.45) is 11.8 Å². The molecule has 0 amide bonds. The molecule has 1 aliphatic rings. The number of Topliss-reactive ketones (excluding diaryl/α,β-unsaturated/α-hetero) is 1. The molecule has 1 aliphatic carbocycles. The van der Waals surface area contributed by atoms with Gasteiger partial charge in [-0.2, -0.15) is 0 Å². The molecule has 1 heteroatoms. The maximum Gasteiger partial charge on any atom is 0.136 e. The first-order chi connectivity index (χ1) is 7.68. The number of hydrogen-bond acceptors (Lipinski definition) is 1. The van der Waals surface area contributed by atoms with Gasteiger partial charge in [-0.25, -0.2) is 0 Å². The average Bonchev–Trinajstić information content (AvgIpc) is 2.30. The Morgan fingerprint density at radius 1 is 1.19 bits per heavy atom. The molecule has 0 N–H and O–H groups in total. The van der Waals surface area contributed by atoms with Crippen molar-refractivity contribution in [2.75, 3.05) is 0 Å². The van der Waals surface area contributed by atoms with Gasteiger partial charge in [0.2, 0.25) is 0 Å². The summed E-state index contributed by atoms with van der Waals surface area (Å²) >= 11 is 0. The van der Waals surface area contributed by atoms with Crippen LogP contribution in [0.3, 0.4) is 0 Å². The molecule has 0 spiro atoms. The summed E-state index contributed by atoms with van der Waals surface area (Å²) in [5.41, 5.74) is 1.40. The van der Waals surface area contributed by atoms with Crippen LogP contribution in [0.5, 0.6) is 0 Å². The quantitative estimate of drug-likeness (QED) is 0.735. The Morgan fingerprint density at radius 3 is 2.50 bits per heavy atom. The number of hydrogen-bond donors (Lipinski definition) is 0. The number of carbonyl (C=O) groups is 1. The molecule has 1 nitrogen and oxygen atoms in total. The molecule has 1 fully saturated rings. The van der Waals surface area contributed by atoms with Crippen molar-refractivity contribution in [1.29, 1.82) is 0 Å². The third-order valence-electron chi connectivity index (χ3n) is 3.77. The van der Waals surface area contributed by atoms with Crippen LogP contribution in [-0.2, 0) is 4.79 Å². The zero-order valence-electron chi connectivity index (χ0n) is 10.1. The van der Waals surface area contributed by atoms with Gasteiger partial charge in [0.1, 0.15) is 5.78 Å². The molecular formula is C15H20O. The Bertz CT molecular complexity index is 353. The second kappa shape index (κ2) is 4.82. The molecule has 0 heterocycles. The first-order valence-electron chi connectivity index (χ1n) is 6.26. The summed E-state index contributed by atoms with van der Waals surface area (Å²) in [7, 11) is 0. The highest BCUT2D eigenvalue weighted by atomic mass is 16.1. The van der Waals surface area contributed by atoms with Gasteiger partial charge in [0, 0.05) is 12.3 Å². The second-order valence-electron chi connectivity index (χ2n) is 5.20. The van der Waals surface area contributed by atoms with Crippen LogP contribution in [0.2, 0.25) is 0 Å². The molecule has 2 rings (SSSR count). The maximum atomic E-state index is 11.8. The van der Waals surface area contributed by atoms with Gasteiger partial charge < -0.3 is 0 Å². The van der Waals surface area contributed by atoms with Crippen molar-refractivity contribution in [3.05, 3.63) is 35.9 Å². The molecule has 2 atom stereocenters. The Balaban J connectivity index is 2.12. The van der Waals surface area contributed by atoms with Crippen molar-refractivity contribution in [2.45, 2.75) is 39.0 Å².